The minimum atomic E-state index is -3.55. The Morgan fingerprint density at radius 2 is 2.11 bits per heavy atom. The number of likely N-dealkylation sites (N-methyl/N-ethyl adjacent to an activating group) is 1. The zero-order valence-electron chi connectivity index (χ0n) is 11.2. The number of methoxy groups -OCH3 is 1. The molecule has 5 nitrogen and oxygen atoms in total. The van der Waals surface area contributed by atoms with Crippen LogP contribution in [0.25, 0.3) is 0 Å². The zero-order valence-corrected chi connectivity index (χ0v) is 13.6. The summed E-state index contributed by atoms with van der Waals surface area (Å²) in [5, 5.41) is 3.14. The highest BCUT2D eigenvalue weighted by Crippen LogP contribution is 2.26. The van der Waals surface area contributed by atoms with Crippen LogP contribution in [0.5, 0.6) is 5.75 Å². The van der Waals surface area contributed by atoms with Crippen molar-refractivity contribution < 1.29 is 13.2 Å². The van der Waals surface area contributed by atoms with Gasteiger partial charge in [-0.2, -0.15) is 0 Å². The van der Waals surface area contributed by atoms with Gasteiger partial charge in [-0.3, -0.25) is 0 Å². The fraction of sp³-hybridized carbons (Fsp3) is 0.500. The fourth-order valence-corrected chi connectivity index (χ4v) is 3.66. The van der Waals surface area contributed by atoms with Gasteiger partial charge in [0, 0.05) is 23.1 Å². The second kappa shape index (κ2) is 7.23. The summed E-state index contributed by atoms with van der Waals surface area (Å²) in [4.78, 5) is 0.176. The predicted molar refractivity (Wildman–Crippen MR) is 79.0 cm³/mol. The summed E-state index contributed by atoms with van der Waals surface area (Å²) in [6.07, 6.45) is 0. The van der Waals surface area contributed by atoms with Gasteiger partial charge in [-0.1, -0.05) is 6.92 Å². The Kier molecular flexibility index (Phi) is 6.25. The SMILES string of the molecule is CCN[C@H](C)CNS(=O)(=O)c1cc(OC)ccc1Br. The van der Waals surface area contributed by atoms with Gasteiger partial charge in [0.1, 0.15) is 5.75 Å². The molecule has 0 spiro atoms. The third-order valence-electron chi connectivity index (χ3n) is 2.56. The maximum Gasteiger partial charge on any atom is 0.241 e. The van der Waals surface area contributed by atoms with Crippen molar-refractivity contribution in [2.24, 2.45) is 0 Å². The van der Waals surface area contributed by atoms with Crippen LogP contribution in [0.3, 0.4) is 0 Å². The minimum absolute atomic E-state index is 0.0733. The number of halogens is 1. The first kappa shape index (κ1) is 16.4. The lowest BCUT2D eigenvalue weighted by Crippen LogP contribution is -2.38. The van der Waals surface area contributed by atoms with Gasteiger partial charge in [0.15, 0.2) is 0 Å². The van der Waals surface area contributed by atoms with Gasteiger partial charge in [-0.05, 0) is 41.5 Å². The van der Waals surface area contributed by atoms with Crippen LogP contribution in [0, 0.1) is 0 Å². The van der Waals surface area contributed by atoms with Crippen LogP contribution < -0.4 is 14.8 Å². The molecule has 0 fully saturated rings. The van der Waals surface area contributed by atoms with E-state index in [1.807, 2.05) is 13.8 Å². The van der Waals surface area contributed by atoms with E-state index in [1.165, 1.54) is 13.2 Å². The molecule has 0 unspecified atom stereocenters. The summed E-state index contributed by atoms with van der Waals surface area (Å²) in [6, 6.07) is 4.92. The van der Waals surface area contributed by atoms with E-state index >= 15 is 0 Å². The molecule has 0 heterocycles. The first-order valence-electron chi connectivity index (χ1n) is 5.97. The van der Waals surface area contributed by atoms with Crippen molar-refractivity contribution in [3.63, 3.8) is 0 Å². The van der Waals surface area contributed by atoms with E-state index in [1.54, 1.807) is 12.1 Å². The lowest BCUT2D eigenvalue weighted by Gasteiger charge is -2.14. The molecule has 1 aromatic rings. The maximum absolute atomic E-state index is 12.2. The van der Waals surface area contributed by atoms with Crippen molar-refractivity contribution in [2.75, 3.05) is 20.2 Å². The Morgan fingerprint density at radius 3 is 2.68 bits per heavy atom. The molecule has 0 aliphatic heterocycles. The Balaban J connectivity index is 2.88. The molecule has 19 heavy (non-hydrogen) atoms. The van der Waals surface area contributed by atoms with Gasteiger partial charge < -0.3 is 10.1 Å². The van der Waals surface area contributed by atoms with Gasteiger partial charge in [0.2, 0.25) is 10.0 Å². The van der Waals surface area contributed by atoms with Crippen molar-refractivity contribution in [3.05, 3.63) is 22.7 Å². The average molecular weight is 351 g/mol. The lowest BCUT2D eigenvalue weighted by molar-refractivity contribution is 0.413. The van der Waals surface area contributed by atoms with E-state index < -0.39 is 10.0 Å². The lowest BCUT2D eigenvalue weighted by atomic mass is 10.3. The summed E-state index contributed by atoms with van der Waals surface area (Å²) < 4.78 is 32.5. The Labute approximate surface area is 122 Å². The Bertz CT molecular complexity index is 520. The zero-order chi connectivity index (χ0) is 14.5. The molecule has 2 N–H and O–H groups in total. The monoisotopic (exact) mass is 350 g/mol. The number of sulfonamides is 1. The number of nitrogens with one attached hydrogen (secondary N) is 2. The second-order valence-corrected chi connectivity index (χ2v) is 6.70. The van der Waals surface area contributed by atoms with Crippen LogP contribution in [-0.2, 0) is 10.0 Å². The van der Waals surface area contributed by atoms with E-state index in [2.05, 4.69) is 26.0 Å². The normalized spacial score (nSPS) is 13.3. The van der Waals surface area contributed by atoms with E-state index in [0.717, 1.165) is 6.54 Å². The largest absolute Gasteiger partial charge is 0.497 e. The topological polar surface area (TPSA) is 67.4 Å². The van der Waals surface area contributed by atoms with Gasteiger partial charge in [-0.15, -0.1) is 0 Å². The predicted octanol–water partition coefficient (Wildman–Crippen LogP) is 1.73. The molecule has 0 radical (unpaired) electrons. The first-order valence-corrected chi connectivity index (χ1v) is 8.25. The van der Waals surface area contributed by atoms with E-state index in [9.17, 15) is 8.42 Å². The highest BCUT2D eigenvalue weighted by atomic mass is 79.9. The third-order valence-corrected chi connectivity index (χ3v) is 4.98. The summed E-state index contributed by atoms with van der Waals surface area (Å²) in [5.74, 6) is 0.503. The molecule has 7 heteroatoms. The third kappa shape index (κ3) is 4.76. The molecule has 0 saturated heterocycles. The van der Waals surface area contributed by atoms with Crippen molar-refractivity contribution >= 4 is 26.0 Å². The smallest absolute Gasteiger partial charge is 0.241 e. The highest BCUT2D eigenvalue weighted by molar-refractivity contribution is 9.10. The summed E-state index contributed by atoms with van der Waals surface area (Å²) >= 11 is 3.24. The molecule has 0 aliphatic rings. The Hall–Kier alpha value is -0.630. The standard InChI is InChI=1S/C12H19BrN2O3S/c1-4-14-9(2)8-15-19(16,17)12-7-10(18-3)5-6-11(12)13/h5-7,9,14-15H,4,8H2,1-3H3/t9-/m1/s1. The van der Waals surface area contributed by atoms with Gasteiger partial charge in [0.25, 0.3) is 0 Å². The van der Waals surface area contributed by atoms with Crippen LogP contribution in [0.2, 0.25) is 0 Å². The van der Waals surface area contributed by atoms with Crippen LogP contribution >= 0.6 is 15.9 Å². The second-order valence-electron chi connectivity index (χ2n) is 4.11. The number of hydrogen-bond acceptors (Lipinski definition) is 4. The van der Waals surface area contributed by atoms with Crippen molar-refractivity contribution in [3.8, 4) is 5.75 Å². The van der Waals surface area contributed by atoms with Gasteiger partial charge in [-0.25, -0.2) is 13.1 Å². The molecule has 0 bridgehead atoms. The average Bonchev–Trinajstić information content (AvgIpc) is 2.37. The molecule has 0 aliphatic carbocycles. The molecule has 1 aromatic carbocycles. The molecule has 1 rings (SSSR count). The quantitative estimate of drug-likeness (QED) is 0.785. The minimum Gasteiger partial charge on any atom is -0.497 e. The van der Waals surface area contributed by atoms with Crippen molar-refractivity contribution in [2.45, 2.75) is 24.8 Å². The number of benzene rings is 1. The van der Waals surface area contributed by atoms with Crippen LogP contribution in [0.4, 0.5) is 0 Å². The Morgan fingerprint density at radius 1 is 1.42 bits per heavy atom. The summed E-state index contributed by atoms with van der Waals surface area (Å²) in [7, 11) is -2.05. The number of hydrogen-bond donors (Lipinski definition) is 2. The van der Waals surface area contributed by atoms with Crippen molar-refractivity contribution in [1.29, 1.82) is 0 Å². The van der Waals surface area contributed by atoms with Crippen LogP contribution in [-0.4, -0.2) is 34.7 Å². The summed E-state index contributed by atoms with van der Waals surface area (Å²) in [6.45, 7) is 5.03. The highest BCUT2D eigenvalue weighted by Gasteiger charge is 2.19. The molecule has 0 saturated carbocycles. The molecular formula is C12H19BrN2O3S. The van der Waals surface area contributed by atoms with Crippen LogP contribution in [0.1, 0.15) is 13.8 Å². The number of rotatable bonds is 7. The number of ether oxygens (including phenoxy) is 1. The van der Waals surface area contributed by atoms with E-state index in [0.29, 0.717) is 16.8 Å². The van der Waals surface area contributed by atoms with Crippen molar-refractivity contribution in [1.82, 2.24) is 10.0 Å². The molecular weight excluding hydrogens is 332 g/mol. The maximum atomic E-state index is 12.2. The van der Waals surface area contributed by atoms with Gasteiger partial charge >= 0.3 is 0 Å². The van der Waals surface area contributed by atoms with E-state index in [4.69, 9.17) is 4.74 Å². The fourth-order valence-electron chi connectivity index (χ4n) is 1.55. The molecule has 108 valence electrons. The van der Waals surface area contributed by atoms with E-state index in [-0.39, 0.29) is 10.9 Å². The van der Waals surface area contributed by atoms with Crippen LogP contribution in [0.15, 0.2) is 27.6 Å². The molecule has 1 atom stereocenters. The first-order chi connectivity index (χ1) is 8.90. The van der Waals surface area contributed by atoms with Gasteiger partial charge in [0.05, 0.1) is 12.0 Å². The molecule has 0 aromatic heterocycles. The summed E-state index contributed by atoms with van der Waals surface area (Å²) in [5.41, 5.74) is 0. The molecule has 0 amide bonds.